The number of amides is 1. The molecule has 0 spiro atoms. The third kappa shape index (κ3) is 5.24. The van der Waals surface area contributed by atoms with Crippen molar-refractivity contribution in [1.29, 1.82) is 0 Å². The van der Waals surface area contributed by atoms with Crippen molar-refractivity contribution in [2.75, 3.05) is 20.1 Å². The quantitative estimate of drug-likeness (QED) is 0.345. The summed E-state index contributed by atoms with van der Waals surface area (Å²) in [5.74, 6) is 0.633. The van der Waals surface area contributed by atoms with E-state index in [1.54, 1.807) is 30.8 Å². The van der Waals surface area contributed by atoms with E-state index in [0.29, 0.717) is 18.1 Å². The fraction of sp³-hybridized carbons (Fsp3) is 0.321. The summed E-state index contributed by atoms with van der Waals surface area (Å²) in [5.41, 5.74) is 4.16. The Labute approximate surface area is 210 Å². The van der Waals surface area contributed by atoms with Crippen LogP contribution in [0.3, 0.4) is 0 Å². The first-order valence-electron chi connectivity index (χ1n) is 12.0. The highest BCUT2D eigenvalue weighted by Crippen LogP contribution is 2.30. The Morgan fingerprint density at radius 3 is 2.60 bits per heavy atom. The lowest BCUT2D eigenvalue weighted by molar-refractivity contribution is 0.0556. The van der Waals surface area contributed by atoms with Crippen LogP contribution >= 0.6 is 11.6 Å². The lowest BCUT2D eigenvalue weighted by atomic mass is 9.84. The first-order chi connectivity index (χ1) is 17.1. The molecule has 3 heterocycles. The van der Waals surface area contributed by atoms with Gasteiger partial charge in [-0.05, 0) is 73.7 Å². The Bertz CT molecular complexity index is 1280. The lowest BCUT2D eigenvalue weighted by Crippen LogP contribution is -2.47. The third-order valence-corrected chi connectivity index (χ3v) is 7.46. The van der Waals surface area contributed by atoms with Crippen molar-refractivity contribution in [2.45, 2.75) is 31.8 Å². The van der Waals surface area contributed by atoms with E-state index in [1.165, 1.54) is 5.56 Å². The van der Waals surface area contributed by atoms with Crippen molar-refractivity contribution in [3.8, 4) is 0 Å². The molecule has 0 unspecified atom stereocenters. The Hall–Kier alpha value is -3.22. The number of hydrogen-bond acceptors (Lipinski definition) is 5. The number of furan rings is 1. The Morgan fingerprint density at radius 2 is 1.83 bits per heavy atom. The molecule has 35 heavy (non-hydrogen) atoms. The number of hydrogen-bond donors (Lipinski definition) is 0. The normalized spacial score (nSPS) is 15.8. The molecule has 2 aromatic heterocycles. The van der Waals surface area contributed by atoms with Crippen LogP contribution in [0.25, 0.3) is 11.0 Å². The highest BCUT2D eigenvalue weighted by atomic mass is 35.5. The average molecular weight is 489 g/mol. The van der Waals surface area contributed by atoms with Gasteiger partial charge in [0.25, 0.3) is 5.91 Å². The van der Waals surface area contributed by atoms with Gasteiger partial charge in [0, 0.05) is 37.1 Å². The van der Waals surface area contributed by atoms with Crippen LogP contribution in [0.5, 0.6) is 0 Å². The number of nitrogens with zero attached hydrogens (tertiary/aromatic N) is 4. The molecule has 180 valence electrons. The summed E-state index contributed by atoms with van der Waals surface area (Å²) in [5, 5.41) is 0.742. The van der Waals surface area contributed by atoms with E-state index in [2.05, 4.69) is 27.0 Å². The highest BCUT2D eigenvalue weighted by Gasteiger charge is 2.33. The van der Waals surface area contributed by atoms with Gasteiger partial charge in [0.05, 0.1) is 17.3 Å². The van der Waals surface area contributed by atoms with Crippen molar-refractivity contribution >= 4 is 28.5 Å². The zero-order valence-corrected chi connectivity index (χ0v) is 20.6. The SMILES string of the molecule is CN(C(=O)c1ccco1)[C@H](Cc1ccccc1Cl)C1CCN(Cc2cccc3nccnc23)CC1. The van der Waals surface area contributed by atoms with Crippen molar-refractivity contribution in [3.63, 3.8) is 0 Å². The molecule has 0 radical (unpaired) electrons. The number of carbonyl (C=O) groups excluding carboxylic acids is 1. The first-order valence-corrected chi connectivity index (χ1v) is 12.4. The van der Waals surface area contributed by atoms with E-state index in [0.717, 1.165) is 54.1 Å². The summed E-state index contributed by atoms with van der Waals surface area (Å²) >= 11 is 6.51. The van der Waals surface area contributed by atoms with Crippen LogP contribution in [0.1, 0.15) is 34.5 Å². The van der Waals surface area contributed by atoms with Crippen molar-refractivity contribution < 1.29 is 9.21 Å². The number of carbonyl (C=O) groups is 1. The fourth-order valence-electron chi connectivity index (χ4n) is 5.15. The standard InChI is InChI=1S/C28H29ClN4O2/c1-32(28(34)26-10-5-17-35-26)25(18-21-6-2-3-8-23(21)29)20-11-15-33(16-12-20)19-22-7-4-9-24-27(22)31-14-13-30-24/h2-10,13-14,17,20,25H,11-12,15-16,18-19H2,1H3/t25-/m1/s1. The molecule has 1 amide bonds. The molecule has 6 nitrogen and oxygen atoms in total. The van der Waals surface area contributed by atoms with Gasteiger partial charge in [0.1, 0.15) is 0 Å². The van der Waals surface area contributed by atoms with Gasteiger partial charge in [0.15, 0.2) is 5.76 Å². The monoisotopic (exact) mass is 488 g/mol. The molecule has 0 saturated carbocycles. The molecule has 4 aromatic rings. The molecule has 1 saturated heterocycles. The van der Waals surface area contributed by atoms with Crippen LogP contribution in [0.2, 0.25) is 5.02 Å². The van der Waals surface area contributed by atoms with Gasteiger partial charge in [-0.3, -0.25) is 19.7 Å². The number of benzene rings is 2. The molecular formula is C28H29ClN4O2. The van der Waals surface area contributed by atoms with Gasteiger partial charge in [0.2, 0.25) is 0 Å². The summed E-state index contributed by atoms with van der Waals surface area (Å²) in [7, 11) is 1.88. The number of fused-ring (bicyclic) bond motifs is 1. The van der Waals surface area contributed by atoms with Crippen LogP contribution in [0.15, 0.2) is 77.7 Å². The number of piperidine rings is 1. The lowest BCUT2D eigenvalue weighted by Gasteiger charge is -2.40. The maximum atomic E-state index is 13.2. The van der Waals surface area contributed by atoms with Gasteiger partial charge in [-0.15, -0.1) is 0 Å². The zero-order chi connectivity index (χ0) is 24.2. The van der Waals surface area contributed by atoms with E-state index < -0.39 is 0 Å². The molecule has 7 heteroatoms. The topological polar surface area (TPSA) is 62.5 Å². The third-order valence-electron chi connectivity index (χ3n) is 7.09. The summed E-state index contributed by atoms with van der Waals surface area (Å²) in [6, 6.07) is 17.6. The second-order valence-corrected chi connectivity index (χ2v) is 9.62. The summed E-state index contributed by atoms with van der Waals surface area (Å²) < 4.78 is 5.41. The largest absolute Gasteiger partial charge is 0.459 e. The molecule has 2 aromatic carbocycles. The highest BCUT2D eigenvalue weighted by molar-refractivity contribution is 6.31. The maximum absolute atomic E-state index is 13.2. The summed E-state index contributed by atoms with van der Waals surface area (Å²) in [4.78, 5) is 26.5. The minimum atomic E-state index is -0.0937. The minimum Gasteiger partial charge on any atom is -0.459 e. The van der Waals surface area contributed by atoms with Crippen LogP contribution in [-0.4, -0.2) is 51.9 Å². The Kier molecular flexibility index (Phi) is 7.11. The summed E-state index contributed by atoms with van der Waals surface area (Å²) in [6.07, 6.45) is 7.75. The molecule has 5 rings (SSSR count). The van der Waals surface area contributed by atoms with Gasteiger partial charge in [-0.25, -0.2) is 0 Å². The van der Waals surface area contributed by atoms with Gasteiger partial charge < -0.3 is 9.32 Å². The second kappa shape index (κ2) is 10.6. The maximum Gasteiger partial charge on any atom is 0.289 e. The fourth-order valence-corrected chi connectivity index (χ4v) is 5.36. The smallest absolute Gasteiger partial charge is 0.289 e. The molecule has 0 aliphatic carbocycles. The number of para-hydroxylation sites is 1. The van der Waals surface area contributed by atoms with Gasteiger partial charge in [-0.1, -0.05) is 41.9 Å². The first kappa shape index (κ1) is 23.5. The molecule has 1 aliphatic rings. The Morgan fingerprint density at radius 1 is 1.06 bits per heavy atom. The number of halogens is 1. The summed E-state index contributed by atoms with van der Waals surface area (Å²) in [6.45, 7) is 2.77. The number of aromatic nitrogens is 2. The van der Waals surface area contributed by atoms with Crippen molar-refractivity contribution in [1.82, 2.24) is 19.8 Å². The predicted molar refractivity (Wildman–Crippen MR) is 137 cm³/mol. The zero-order valence-electron chi connectivity index (χ0n) is 19.8. The van der Waals surface area contributed by atoms with Crippen LogP contribution in [0, 0.1) is 5.92 Å². The van der Waals surface area contributed by atoms with Crippen LogP contribution in [0.4, 0.5) is 0 Å². The molecule has 0 N–H and O–H groups in total. The van der Waals surface area contributed by atoms with Crippen molar-refractivity contribution in [2.24, 2.45) is 5.92 Å². The number of likely N-dealkylation sites (N-methyl/N-ethyl adjacent to an activating group) is 1. The second-order valence-electron chi connectivity index (χ2n) is 9.21. The van der Waals surface area contributed by atoms with Gasteiger partial charge in [-0.2, -0.15) is 0 Å². The van der Waals surface area contributed by atoms with Crippen LogP contribution < -0.4 is 0 Å². The molecule has 1 aliphatic heterocycles. The van der Waals surface area contributed by atoms with E-state index in [9.17, 15) is 4.79 Å². The molecular weight excluding hydrogens is 460 g/mol. The minimum absolute atomic E-state index is 0.0260. The van der Waals surface area contributed by atoms with Crippen molar-refractivity contribution in [3.05, 3.63) is 95.2 Å². The Balaban J connectivity index is 1.31. The van der Waals surface area contributed by atoms with Gasteiger partial charge >= 0.3 is 0 Å². The average Bonchev–Trinajstić information content (AvgIpc) is 3.43. The molecule has 1 fully saturated rings. The number of rotatable bonds is 7. The predicted octanol–water partition coefficient (Wildman–Crippen LogP) is 5.47. The number of likely N-dealkylation sites (tertiary alicyclic amines) is 1. The van der Waals surface area contributed by atoms with Crippen LogP contribution in [-0.2, 0) is 13.0 Å². The van der Waals surface area contributed by atoms with E-state index >= 15 is 0 Å². The van der Waals surface area contributed by atoms with E-state index in [-0.39, 0.29) is 11.9 Å². The van der Waals surface area contributed by atoms with E-state index in [4.69, 9.17) is 16.0 Å². The van der Waals surface area contributed by atoms with E-state index in [1.807, 2.05) is 42.3 Å². The molecule has 0 bridgehead atoms. The molecule has 1 atom stereocenters.